The first-order chi connectivity index (χ1) is 11.7. The summed E-state index contributed by atoms with van der Waals surface area (Å²) in [6.07, 6.45) is 1.32. The number of sulfonamides is 1. The van der Waals surface area contributed by atoms with Crippen molar-refractivity contribution < 1.29 is 12.9 Å². The number of nitrogens with zero attached hydrogens (tertiary/aromatic N) is 3. The van der Waals surface area contributed by atoms with Crippen LogP contribution in [0.2, 0.25) is 0 Å². The molecule has 0 aliphatic heterocycles. The maximum Gasteiger partial charge on any atom is 0.266 e. The molecule has 0 radical (unpaired) electrons. The lowest BCUT2D eigenvalue weighted by molar-refractivity contribution is 0.442. The van der Waals surface area contributed by atoms with Crippen molar-refractivity contribution in [3.8, 4) is 0 Å². The molecular weight excluding hydrogens is 338 g/mol. The molecule has 3 aromatic rings. The zero-order valence-corrected chi connectivity index (χ0v) is 15.8. The molecule has 2 heterocycles. The van der Waals surface area contributed by atoms with Gasteiger partial charge in [0.2, 0.25) is 0 Å². The number of pyridine rings is 1. The fourth-order valence-corrected chi connectivity index (χ4v) is 4.51. The topological polar surface area (TPSA) is 76.3 Å². The second-order valence-corrected chi connectivity index (χ2v) is 8.29. The van der Waals surface area contributed by atoms with Crippen molar-refractivity contribution >= 4 is 26.8 Å². The van der Waals surface area contributed by atoms with Crippen LogP contribution in [0.25, 0.3) is 11.1 Å². The van der Waals surface area contributed by atoms with E-state index in [1.807, 2.05) is 45.9 Å². The van der Waals surface area contributed by atoms with Crippen LogP contribution in [-0.4, -0.2) is 24.6 Å². The molecule has 0 spiro atoms. The highest BCUT2D eigenvalue weighted by Crippen LogP contribution is 2.31. The van der Waals surface area contributed by atoms with Gasteiger partial charge in [0.25, 0.3) is 15.7 Å². The van der Waals surface area contributed by atoms with Crippen LogP contribution in [0.15, 0.2) is 39.9 Å². The van der Waals surface area contributed by atoms with E-state index in [0.717, 1.165) is 11.1 Å². The summed E-state index contributed by atoms with van der Waals surface area (Å²) in [6, 6.07) is 7.12. The van der Waals surface area contributed by atoms with Gasteiger partial charge < -0.3 is 4.52 Å². The average Bonchev–Trinajstić information content (AvgIpc) is 2.91. The molecule has 0 aliphatic carbocycles. The highest BCUT2D eigenvalue weighted by Gasteiger charge is 2.29. The number of hydrogen-bond acceptors (Lipinski definition) is 5. The fourth-order valence-electron chi connectivity index (χ4n) is 2.82. The van der Waals surface area contributed by atoms with Crippen molar-refractivity contribution in [2.75, 3.05) is 4.31 Å². The third kappa shape index (κ3) is 3.00. The van der Waals surface area contributed by atoms with Crippen molar-refractivity contribution in [1.82, 2.24) is 10.1 Å². The van der Waals surface area contributed by atoms with Crippen LogP contribution in [0.5, 0.6) is 0 Å². The number of fused-ring (bicyclic) bond motifs is 1. The van der Waals surface area contributed by atoms with Crippen LogP contribution >= 0.6 is 0 Å². The third-order valence-electron chi connectivity index (χ3n) is 4.11. The molecule has 25 heavy (non-hydrogen) atoms. The molecule has 132 valence electrons. The van der Waals surface area contributed by atoms with Crippen molar-refractivity contribution in [3.05, 3.63) is 47.3 Å². The van der Waals surface area contributed by atoms with Gasteiger partial charge in [-0.3, -0.25) is 4.31 Å². The van der Waals surface area contributed by atoms with E-state index in [2.05, 4.69) is 10.1 Å². The Kier molecular flexibility index (Phi) is 4.28. The summed E-state index contributed by atoms with van der Waals surface area (Å²) >= 11 is 0. The minimum Gasteiger partial charge on any atom is -0.336 e. The molecule has 0 unspecified atom stereocenters. The number of aromatic nitrogens is 2. The first-order valence-electron chi connectivity index (χ1n) is 8.05. The largest absolute Gasteiger partial charge is 0.336 e. The van der Waals surface area contributed by atoms with Crippen LogP contribution in [0.1, 0.15) is 30.7 Å². The molecule has 0 saturated heterocycles. The molecule has 2 aromatic heterocycles. The van der Waals surface area contributed by atoms with E-state index in [1.165, 1.54) is 10.5 Å². The monoisotopic (exact) mass is 359 g/mol. The van der Waals surface area contributed by atoms with Gasteiger partial charge in [-0.25, -0.2) is 13.4 Å². The number of benzene rings is 1. The molecule has 6 nitrogen and oxygen atoms in total. The Morgan fingerprint density at radius 1 is 1.12 bits per heavy atom. The smallest absolute Gasteiger partial charge is 0.266 e. The van der Waals surface area contributed by atoms with E-state index >= 15 is 0 Å². The van der Waals surface area contributed by atoms with Gasteiger partial charge in [-0.2, -0.15) is 0 Å². The number of anilines is 1. The summed E-state index contributed by atoms with van der Waals surface area (Å²) in [5.74, 6) is 0. The van der Waals surface area contributed by atoms with Gasteiger partial charge in [-0.15, -0.1) is 0 Å². The van der Waals surface area contributed by atoms with E-state index in [0.29, 0.717) is 22.5 Å². The van der Waals surface area contributed by atoms with E-state index < -0.39 is 10.0 Å². The number of hydrogen-bond donors (Lipinski definition) is 0. The van der Waals surface area contributed by atoms with Crippen molar-refractivity contribution in [2.45, 2.75) is 45.6 Å². The molecule has 3 rings (SSSR count). The second-order valence-electron chi connectivity index (χ2n) is 6.48. The molecule has 0 bridgehead atoms. The molecule has 0 aliphatic rings. The first-order valence-corrected chi connectivity index (χ1v) is 9.49. The van der Waals surface area contributed by atoms with Gasteiger partial charge in [0.15, 0.2) is 0 Å². The van der Waals surface area contributed by atoms with E-state index in [9.17, 15) is 8.42 Å². The lowest BCUT2D eigenvalue weighted by Gasteiger charge is -2.29. The summed E-state index contributed by atoms with van der Waals surface area (Å²) in [7, 11) is -3.78. The van der Waals surface area contributed by atoms with Gasteiger partial charge in [0, 0.05) is 6.04 Å². The average molecular weight is 359 g/mol. The summed E-state index contributed by atoms with van der Waals surface area (Å²) in [5.41, 5.74) is 3.53. The Balaban J connectivity index is 2.20. The van der Waals surface area contributed by atoms with Gasteiger partial charge in [-0.05, 0) is 57.9 Å². The van der Waals surface area contributed by atoms with Crippen LogP contribution < -0.4 is 4.31 Å². The minimum atomic E-state index is -3.78. The Labute approximate surface area is 147 Å². The van der Waals surface area contributed by atoms with Crippen LogP contribution in [0.4, 0.5) is 5.69 Å². The summed E-state index contributed by atoms with van der Waals surface area (Å²) in [4.78, 5) is 4.23. The molecule has 0 saturated carbocycles. The first kappa shape index (κ1) is 17.4. The Morgan fingerprint density at radius 2 is 1.84 bits per heavy atom. The van der Waals surface area contributed by atoms with Gasteiger partial charge in [-0.1, -0.05) is 17.3 Å². The van der Waals surface area contributed by atoms with Crippen LogP contribution in [0.3, 0.4) is 0 Å². The van der Waals surface area contributed by atoms with Gasteiger partial charge >= 0.3 is 0 Å². The molecule has 1 aromatic carbocycles. The highest BCUT2D eigenvalue weighted by atomic mass is 32.2. The normalized spacial score (nSPS) is 12.1. The van der Waals surface area contributed by atoms with Gasteiger partial charge in [0.05, 0.1) is 23.0 Å². The summed E-state index contributed by atoms with van der Waals surface area (Å²) in [5, 5.41) is 4.44. The zero-order valence-electron chi connectivity index (χ0n) is 14.9. The lowest BCUT2D eigenvalue weighted by Crippen LogP contribution is -2.37. The maximum atomic E-state index is 13.3. The Morgan fingerprint density at radius 3 is 2.52 bits per heavy atom. The van der Waals surface area contributed by atoms with E-state index in [4.69, 9.17) is 4.52 Å². The predicted molar refractivity (Wildman–Crippen MR) is 97.3 cm³/mol. The molecule has 0 N–H and O–H groups in total. The summed E-state index contributed by atoms with van der Waals surface area (Å²) < 4.78 is 33.2. The quantitative estimate of drug-likeness (QED) is 0.709. The molecule has 0 amide bonds. The summed E-state index contributed by atoms with van der Waals surface area (Å²) in [6.45, 7) is 9.33. The zero-order chi connectivity index (χ0) is 18.4. The van der Waals surface area contributed by atoms with Gasteiger partial charge in [0.1, 0.15) is 4.90 Å². The Bertz CT molecular complexity index is 1040. The highest BCUT2D eigenvalue weighted by molar-refractivity contribution is 7.92. The molecule has 7 heteroatoms. The SMILES string of the molecule is Cc1ccc(C)c(N(C(C)C)S(=O)(=O)c2cnc3onc(C)c3c2)c1. The standard InChI is InChI=1S/C18H21N3O3S/c1-11(2)21(17-8-12(3)6-7-13(17)4)25(22,23)15-9-16-14(5)20-24-18(16)19-10-15/h6-11H,1-5H3. The fraction of sp³-hybridized carbons (Fsp3) is 0.333. The number of rotatable bonds is 4. The molecular formula is C18H21N3O3S. The maximum absolute atomic E-state index is 13.3. The third-order valence-corrected chi connectivity index (χ3v) is 6.07. The van der Waals surface area contributed by atoms with Crippen LogP contribution in [0, 0.1) is 20.8 Å². The lowest BCUT2D eigenvalue weighted by atomic mass is 10.1. The Hall–Kier alpha value is -2.41. The number of aryl methyl sites for hydroxylation is 3. The van der Waals surface area contributed by atoms with Crippen molar-refractivity contribution in [3.63, 3.8) is 0 Å². The predicted octanol–water partition coefficient (Wildman–Crippen LogP) is 3.75. The molecule has 0 atom stereocenters. The second kappa shape index (κ2) is 6.15. The molecule has 0 fully saturated rings. The van der Waals surface area contributed by atoms with Crippen LogP contribution in [-0.2, 0) is 10.0 Å². The van der Waals surface area contributed by atoms with E-state index in [1.54, 1.807) is 13.0 Å². The minimum absolute atomic E-state index is 0.126. The van der Waals surface area contributed by atoms with E-state index in [-0.39, 0.29) is 10.9 Å². The van der Waals surface area contributed by atoms with Crippen molar-refractivity contribution in [1.29, 1.82) is 0 Å². The van der Waals surface area contributed by atoms with Crippen molar-refractivity contribution in [2.24, 2.45) is 0 Å².